The number of anilines is 1. The number of carbonyl (C=O) groups is 1. The Hall–Kier alpha value is -4.25. The molecule has 11 heteroatoms. The van der Waals surface area contributed by atoms with Crippen molar-refractivity contribution in [3.63, 3.8) is 0 Å². The van der Waals surface area contributed by atoms with E-state index < -0.39 is 16.6 Å². The van der Waals surface area contributed by atoms with E-state index in [2.05, 4.69) is 20.4 Å². The van der Waals surface area contributed by atoms with Crippen molar-refractivity contribution >= 4 is 44.7 Å². The number of fused-ring (bicyclic) bond motifs is 2. The van der Waals surface area contributed by atoms with Gasteiger partial charge in [0.2, 0.25) is 4.96 Å². The maximum atomic E-state index is 13.8. The topological polar surface area (TPSA) is 115 Å². The number of nitro groups is 1. The third-order valence-electron chi connectivity index (χ3n) is 4.82. The predicted molar refractivity (Wildman–Crippen MR) is 117 cm³/mol. The lowest BCUT2D eigenvalue weighted by molar-refractivity contribution is -0.384. The summed E-state index contributed by atoms with van der Waals surface area (Å²) in [6.07, 6.45) is 0. The van der Waals surface area contributed by atoms with Gasteiger partial charge in [-0.1, -0.05) is 0 Å². The molecule has 0 fully saturated rings. The third kappa shape index (κ3) is 3.44. The molecule has 0 radical (unpaired) electrons. The predicted octanol–water partition coefficient (Wildman–Crippen LogP) is 4.61. The molecule has 0 unspecified atom stereocenters. The first-order valence-corrected chi connectivity index (χ1v) is 10.2. The molecule has 0 saturated carbocycles. The molecule has 1 N–H and O–H groups in total. The first kappa shape index (κ1) is 19.7. The number of non-ortho nitro benzene ring substituents is 1. The van der Waals surface area contributed by atoms with Crippen LogP contribution in [0.15, 0.2) is 53.9 Å². The SMILES string of the molecule is Cc1cc(C(=O)Nc2nc3scc(-c4ccc([N+](=O)[O-])cc4)n3n2)c2cc(F)ccc2n1. The summed E-state index contributed by atoms with van der Waals surface area (Å²) < 4.78 is 15.3. The first-order chi connectivity index (χ1) is 15.4. The minimum Gasteiger partial charge on any atom is -0.289 e. The highest BCUT2D eigenvalue weighted by molar-refractivity contribution is 7.15. The van der Waals surface area contributed by atoms with Crippen LogP contribution in [0, 0.1) is 22.9 Å². The maximum absolute atomic E-state index is 13.8. The number of hydrogen-bond donors (Lipinski definition) is 1. The monoisotopic (exact) mass is 448 g/mol. The number of thiazole rings is 1. The fourth-order valence-electron chi connectivity index (χ4n) is 3.37. The lowest BCUT2D eigenvalue weighted by Gasteiger charge is -2.07. The molecule has 9 nitrogen and oxygen atoms in total. The number of nitro benzene ring substituents is 1. The molecule has 3 heterocycles. The summed E-state index contributed by atoms with van der Waals surface area (Å²) in [4.78, 5) is 32.5. The number of benzene rings is 2. The van der Waals surface area contributed by atoms with Crippen molar-refractivity contribution in [1.82, 2.24) is 19.6 Å². The summed E-state index contributed by atoms with van der Waals surface area (Å²) in [5, 5.41) is 20.1. The van der Waals surface area contributed by atoms with Crippen LogP contribution in [0.2, 0.25) is 0 Å². The summed E-state index contributed by atoms with van der Waals surface area (Å²) in [7, 11) is 0. The number of nitrogens with zero attached hydrogens (tertiary/aromatic N) is 5. The van der Waals surface area contributed by atoms with Gasteiger partial charge < -0.3 is 0 Å². The van der Waals surface area contributed by atoms with Crippen LogP contribution in [-0.2, 0) is 0 Å². The molecule has 0 saturated heterocycles. The fourth-order valence-corrected chi connectivity index (χ4v) is 4.20. The standard InChI is InChI=1S/C21H13FN6O3S/c1-11-8-16(15-9-13(22)4-7-17(15)23-11)19(29)24-20-25-21-27(26-20)18(10-32-21)12-2-5-14(6-3-12)28(30)31/h2-10H,1H3,(H,24,26,29). The zero-order chi connectivity index (χ0) is 22.4. The van der Waals surface area contributed by atoms with Crippen LogP contribution in [0.5, 0.6) is 0 Å². The first-order valence-electron chi connectivity index (χ1n) is 9.36. The van der Waals surface area contributed by atoms with E-state index in [1.54, 1.807) is 29.6 Å². The molecule has 1 amide bonds. The van der Waals surface area contributed by atoms with Gasteiger partial charge in [0.05, 0.1) is 21.7 Å². The van der Waals surface area contributed by atoms with Gasteiger partial charge in [0.15, 0.2) is 0 Å². The summed E-state index contributed by atoms with van der Waals surface area (Å²) in [6.45, 7) is 1.75. The van der Waals surface area contributed by atoms with E-state index in [-0.39, 0.29) is 17.2 Å². The Kier molecular flexibility index (Phi) is 4.59. The van der Waals surface area contributed by atoms with Gasteiger partial charge >= 0.3 is 0 Å². The van der Waals surface area contributed by atoms with Crippen molar-refractivity contribution in [3.8, 4) is 11.3 Å². The van der Waals surface area contributed by atoms with Crippen molar-refractivity contribution in [2.45, 2.75) is 6.92 Å². The Morgan fingerprint density at radius 1 is 1.16 bits per heavy atom. The molecule has 5 rings (SSSR count). The van der Waals surface area contributed by atoms with E-state index in [4.69, 9.17) is 0 Å². The van der Waals surface area contributed by atoms with E-state index >= 15 is 0 Å². The zero-order valence-corrected chi connectivity index (χ0v) is 17.3. The van der Waals surface area contributed by atoms with E-state index in [0.29, 0.717) is 27.3 Å². The van der Waals surface area contributed by atoms with Crippen LogP contribution in [0.25, 0.3) is 27.1 Å². The molecule has 0 spiro atoms. The smallest absolute Gasteiger partial charge is 0.269 e. The molecule has 2 aromatic carbocycles. The van der Waals surface area contributed by atoms with E-state index in [0.717, 1.165) is 5.56 Å². The van der Waals surface area contributed by atoms with E-state index in [1.165, 1.54) is 41.7 Å². The Balaban J connectivity index is 1.48. The van der Waals surface area contributed by atoms with Crippen LogP contribution >= 0.6 is 11.3 Å². The molecule has 3 aromatic heterocycles. The number of rotatable bonds is 4. The maximum Gasteiger partial charge on any atom is 0.269 e. The van der Waals surface area contributed by atoms with Crippen molar-refractivity contribution in [1.29, 1.82) is 0 Å². The number of nitrogens with one attached hydrogen (secondary N) is 1. The van der Waals surface area contributed by atoms with Crippen LogP contribution < -0.4 is 5.32 Å². The van der Waals surface area contributed by atoms with Crippen LogP contribution in [-0.4, -0.2) is 30.4 Å². The Labute approximate surface area is 183 Å². The minimum atomic E-state index is -0.485. The van der Waals surface area contributed by atoms with Crippen LogP contribution in [0.4, 0.5) is 16.0 Å². The number of aryl methyl sites for hydroxylation is 1. The second kappa shape index (κ2) is 7.46. The van der Waals surface area contributed by atoms with Crippen molar-refractivity contribution < 1.29 is 14.1 Å². The molecule has 0 aliphatic carbocycles. The van der Waals surface area contributed by atoms with Gasteiger partial charge in [0, 0.05) is 34.2 Å². The molecular weight excluding hydrogens is 435 g/mol. The van der Waals surface area contributed by atoms with Gasteiger partial charge in [0.1, 0.15) is 5.82 Å². The highest BCUT2D eigenvalue weighted by Gasteiger charge is 2.17. The normalized spacial score (nSPS) is 11.2. The zero-order valence-electron chi connectivity index (χ0n) is 16.4. The van der Waals surface area contributed by atoms with E-state index in [9.17, 15) is 19.3 Å². The Bertz CT molecular complexity index is 1530. The summed E-state index contributed by atoms with van der Waals surface area (Å²) >= 11 is 1.31. The molecule has 0 aliphatic rings. The van der Waals surface area contributed by atoms with Gasteiger partial charge in [-0.15, -0.1) is 16.4 Å². The van der Waals surface area contributed by atoms with Gasteiger partial charge in [-0.3, -0.25) is 25.2 Å². The Morgan fingerprint density at radius 3 is 2.69 bits per heavy atom. The molecule has 5 aromatic rings. The molecule has 0 atom stereocenters. The highest BCUT2D eigenvalue weighted by atomic mass is 32.1. The molecular formula is C21H13FN6O3S. The number of hydrogen-bond acceptors (Lipinski definition) is 7. The van der Waals surface area contributed by atoms with Crippen molar-refractivity contribution in [2.75, 3.05) is 5.32 Å². The Morgan fingerprint density at radius 2 is 1.94 bits per heavy atom. The second-order valence-electron chi connectivity index (χ2n) is 6.98. The van der Waals surface area contributed by atoms with Crippen LogP contribution in [0.1, 0.15) is 16.1 Å². The van der Waals surface area contributed by atoms with Crippen molar-refractivity contribution in [2.24, 2.45) is 0 Å². The second-order valence-corrected chi connectivity index (χ2v) is 7.82. The quantitative estimate of drug-likeness (QED) is 0.317. The summed E-state index contributed by atoms with van der Waals surface area (Å²) in [5.74, 6) is -0.865. The van der Waals surface area contributed by atoms with Gasteiger partial charge in [-0.2, -0.15) is 4.98 Å². The average Bonchev–Trinajstić information content (AvgIpc) is 3.33. The number of pyridine rings is 1. The number of amides is 1. The highest BCUT2D eigenvalue weighted by Crippen LogP contribution is 2.28. The number of carbonyl (C=O) groups excluding carboxylic acids is 1. The molecule has 158 valence electrons. The lowest BCUT2D eigenvalue weighted by atomic mass is 10.1. The largest absolute Gasteiger partial charge is 0.289 e. The number of aromatic nitrogens is 4. The summed E-state index contributed by atoms with van der Waals surface area (Å²) in [6, 6.07) is 11.7. The van der Waals surface area contributed by atoms with Gasteiger partial charge in [-0.05, 0) is 43.3 Å². The average molecular weight is 448 g/mol. The molecule has 0 aliphatic heterocycles. The van der Waals surface area contributed by atoms with Gasteiger partial charge in [0.25, 0.3) is 17.5 Å². The fraction of sp³-hybridized carbons (Fsp3) is 0.0476. The van der Waals surface area contributed by atoms with Gasteiger partial charge in [-0.25, -0.2) is 8.91 Å². The third-order valence-corrected chi connectivity index (χ3v) is 5.64. The molecule has 32 heavy (non-hydrogen) atoms. The van der Waals surface area contributed by atoms with Crippen LogP contribution in [0.3, 0.4) is 0 Å². The van der Waals surface area contributed by atoms with E-state index in [1.807, 2.05) is 5.38 Å². The number of halogens is 1. The molecule has 0 bridgehead atoms. The minimum absolute atomic E-state index is 0.0110. The lowest BCUT2D eigenvalue weighted by Crippen LogP contribution is -2.14. The summed E-state index contributed by atoms with van der Waals surface area (Å²) in [5.41, 5.74) is 2.78. The van der Waals surface area contributed by atoms with Crippen molar-refractivity contribution in [3.05, 3.63) is 81.1 Å².